The summed E-state index contributed by atoms with van der Waals surface area (Å²) in [6.07, 6.45) is 2.26. The molecule has 2 aromatic carbocycles. The Bertz CT molecular complexity index is 1460. The van der Waals surface area contributed by atoms with Gasteiger partial charge in [0.05, 0.1) is 29.2 Å². The van der Waals surface area contributed by atoms with Crippen LogP contribution in [0.5, 0.6) is 5.75 Å². The van der Waals surface area contributed by atoms with Crippen molar-refractivity contribution >= 4 is 51.4 Å². The van der Waals surface area contributed by atoms with Gasteiger partial charge >= 0.3 is 0 Å². The zero-order valence-electron chi connectivity index (χ0n) is 19.8. The fourth-order valence-corrected chi connectivity index (χ4v) is 4.60. The maximum atomic E-state index is 13.3. The number of ether oxygens (including phenoxy) is 1. The van der Waals surface area contributed by atoms with Crippen LogP contribution in [0, 0.1) is 15.9 Å². The molecule has 2 amide bonds. The SMILES string of the molecule is CCCOc1cn(-c2ccc(F)cc2)nc1C(=O)Nc1nnc(SCC(=O)Nc2cccc([N+](=O)[O-])c2)s1. The van der Waals surface area contributed by atoms with Gasteiger partial charge in [-0.1, -0.05) is 36.1 Å². The lowest BCUT2D eigenvalue weighted by molar-refractivity contribution is -0.384. The van der Waals surface area contributed by atoms with E-state index in [0.29, 0.717) is 28.7 Å². The number of benzene rings is 2. The van der Waals surface area contributed by atoms with E-state index in [4.69, 9.17) is 4.74 Å². The molecule has 0 fully saturated rings. The van der Waals surface area contributed by atoms with Gasteiger partial charge in [0.1, 0.15) is 5.82 Å². The Hall–Kier alpha value is -4.37. The van der Waals surface area contributed by atoms with Crippen LogP contribution in [0.25, 0.3) is 5.69 Å². The molecule has 0 aliphatic carbocycles. The standard InChI is InChI=1S/C23H20FN7O5S2/c1-2-10-36-18-12-30(16-8-6-14(24)7-9-16)29-20(18)21(33)26-22-27-28-23(38-22)37-13-19(32)25-15-4-3-5-17(11-15)31(34)35/h3-9,11-12H,2,10,13H2,1H3,(H,25,32)(H,26,27,33). The summed E-state index contributed by atoms with van der Waals surface area (Å²) in [6.45, 7) is 2.29. The van der Waals surface area contributed by atoms with Gasteiger partial charge in [0.15, 0.2) is 15.8 Å². The van der Waals surface area contributed by atoms with E-state index in [1.54, 1.807) is 12.3 Å². The quantitative estimate of drug-likeness (QED) is 0.117. The van der Waals surface area contributed by atoms with Crippen LogP contribution in [0.1, 0.15) is 23.8 Å². The second kappa shape index (κ2) is 12.2. The second-order valence-electron chi connectivity index (χ2n) is 7.58. The first kappa shape index (κ1) is 26.7. The summed E-state index contributed by atoms with van der Waals surface area (Å²) in [5.74, 6) is -1.13. The molecule has 0 radical (unpaired) electrons. The first-order valence-electron chi connectivity index (χ1n) is 11.1. The lowest BCUT2D eigenvalue weighted by Gasteiger charge is -2.04. The van der Waals surface area contributed by atoms with Gasteiger partial charge in [0.2, 0.25) is 11.0 Å². The number of nitro benzene ring substituents is 1. The van der Waals surface area contributed by atoms with Crippen molar-refractivity contribution in [2.45, 2.75) is 17.7 Å². The van der Waals surface area contributed by atoms with Crippen LogP contribution in [0.2, 0.25) is 0 Å². The molecule has 0 aliphatic heterocycles. The van der Waals surface area contributed by atoms with Crippen LogP contribution in [-0.4, -0.2) is 49.1 Å². The number of carbonyl (C=O) groups is 2. The highest BCUT2D eigenvalue weighted by Gasteiger charge is 2.21. The minimum absolute atomic E-state index is 0.0171. The zero-order chi connectivity index (χ0) is 27.1. The van der Waals surface area contributed by atoms with Crippen molar-refractivity contribution in [2.24, 2.45) is 0 Å². The van der Waals surface area contributed by atoms with Crippen molar-refractivity contribution in [3.05, 3.63) is 76.4 Å². The summed E-state index contributed by atoms with van der Waals surface area (Å²) in [7, 11) is 0. The number of amides is 2. The topological polar surface area (TPSA) is 154 Å². The number of rotatable bonds is 11. The van der Waals surface area contributed by atoms with E-state index in [-0.39, 0.29) is 33.9 Å². The van der Waals surface area contributed by atoms with E-state index in [0.717, 1.165) is 23.1 Å². The highest BCUT2D eigenvalue weighted by atomic mass is 32.2. The molecule has 15 heteroatoms. The molecular formula is C23H20FN7O5S2. The van der Waals surface area contributed by atoms with Crippen LogP contribution in [0.3, 0.4) is 0 Å². The van der Waals surface area contributed by atoms with Crippen LogP contribution < -0.4 is 15.4 Å². The highest BCUT2D eigenvalue weighted by molar-refractivity contribution is 8.01. The van der Waals surface area contributed by atoms with Crippen molar-refractivity contribution in [3.8, 4) is 11.4 Å². The molecule has 0 bridgehead atoms. The van der Waals surface area contributed by atoms with Gasteiger partial charge in [0.25, 0.3) is 11.6 Å². The Morgan fingerprint density at radius 3 is 2.71 bits per heavy atom. The van der Waals surface area contributed by atoms with Crippen molar-refractivity contribution in [2.75, 3.05) is 23.0 Å². The molecule has 196 valence electrons. The third-order valence-electron chi connectivity index (χ3n) is 4.74. The Morgan fingerprint density at radius 2 is 1.97 bits per heavy atom. The molecular weight excluding hydrogens is 537 g/mol. The van der Waals surface area contributed by atoms with E-state index in [2.05, 4.69) is 25.9 Å². The van der Waals surface area contributed by atoms with Crippen LogP contribution in [0.15, 0.2) is 59.1 Å². The van der Waals surface area contributed by atoms with E-state index >= 15 is 0 Å². The summed E-state index contributed by atoms with van der Waals surface area (Å²) < 4.78 is 20.8. The largest absolute Gasteiger partial charge is 0.489 e. The van der Waals surface area contributed by atoms with Crippen LogP contribution >= 0.6 is 23.1 Å². The second-order valence-corrected chi connectivity index (χ2v) is 9.78. The number of aromatic nitrogens is 4. The van der Waals surface area contributed by atoms with Gasteiger partial charge in [0, 0.05) is 17.8 Å². The van der Waals surface area contributed by atoms with E-state index in [9.17, 15) is 24.1 Å². The molecule has 0 saturated carbocycles. The van der Waals surface area contributed by atoms with E-state index in [1.807, 2.05) is 6.92 Å². The van der Waals surface area contributed by atoms with Crippen molar-refractivity contribution in [3.63, 3.8) is 0 Å². The smallest absolute Gasteiger partial charge is 0.281 e. The average Bonchev–Trinajstić information content (AvgIpc) is 3.54. The van der Waals surface area contributed by atoms with Crippen molar-refractivity contribution < 1.29 is 23.6 Å². The van der Waals surface area contributed by atoms with Gasteiger partial charge in [-0.2, -0.15) is 5.10 Å². The fourth-order valence-electron chi connectivity index (χ4n) is 3.06. The number of carbonyl (C=O) groups excluding carboxylic acids is 2. The summed E-state index contributed by atoms with van der Waals surface area (Å²) in [5.41, 5.74) is 0.732. The predicted molar refractivity (Wildman–Crippen MR) is 140 cm³/mol. The van der Waals surface area contributed by atoms with E-state index in [1.165, 1.54) is 47.1 Å². The van der Waals surface area contributed by atoms with Gasteiger partial charge < -0.3 is 10.1 Å². The summed E-state index contributed by atoms with van der Waals surface area (Å²) in [4.78, 5) is 35.5. The van der Waals surface area contributed by atoms with Crippen molar-refractivity contribution in [1.29, 1.82) is 0 Å². The number of hydrogen-bond donors (Lipinski definition) is 2. The number of nitrogens with zero attached hydrogens (tertiary/aromatic N) is 5. The Labute approximate surface area is 223 Å². The normalized spacial score (nSPS) is 10.7. The Kier molecular flexibility index (Phi) is 8.60. The lowest BCUT2D eigenvalue weighted by Crippen LogP contribution is -2.14. The Balaban J connectivity index is 1.38. The first-order valence-corrected chi connectivity index (χ1v) is 12.9. The van der Waals surface area contributed by atoms with Crippen molar-refractivity contribution in [1.82, 2.24) is 20.0 Å². The number of hydrogen-bond acceptors (Lipinski definition) is 10. The molecule has 0 aliphatic rings. The molecule has 4 rings (SSSR count). The Morgan fingerprint density at radius 1 is 1.18 bits per heavy atom. The van der Waals surface area contributed by atoms with Gasteiger partial charge in [-0.05, 0) is 36.8 Å². The molecule has 4 aromatic rings. The molecule has 0 saturated heterocycles. The third-order valence-corrected chi connectivity index (χ3v) is 6.72. The molecule has 2 aromatic heterocycles. The molecule has 0 atom stereocenters. The number of anilines is 2. The summed E-state index contributed by atoms with van der Waals surface area (Å²) in [5, 5.41) is 28.5. The third kappa shape index (κ3) is 6.89. The summed E-state index contributed by atoms with van der Waals surface area (Å²) >= 11 is 2.15. The summed E-state index contributed by atoms with van der Waals surface area (Å²) in [6, 6.07) is 11.2. The van der Waals surface area contributed by atoms with Gasteiger partial charge in [-0.15, -0.1) is 10.2 Å². The maximum Gasteiger partial charge on any atom is 0.281 e. The number of nitrogens with one attached hydrogen (secondary N) is 2. The van der Waals surface area contributed by atoms with Crippen LogP contribution in [-0.2, 0) is 4.79 Å². The molecule has 0 unspecified atom stereocenters. The highest BCUT2D eigenvalue weighted by Crippen LogP contribution is 2.27. The molecule has 2 N–H and O–H groups in total. The fraction of sp³-hybridized carbons (Fsp3) is 0.174. The molecule has 2 heterocycles. The monoisotopic (exact) mass is 557 g/mol. The number of thioether (sulfide) groups is 1. The van der Waals surface area contributed by atoms with Gasteiger partial charge in [-0.3, -0.25) is 25.0 Å². The lowest BCUT2D eigenvalue weighted by atomic mass is 10.3. The number of halogens is 1. The molecule has 38 heavy (non-hydrogen) atoms. The van der Waals surface area contributed by atoms with Gasteiger partial charge in [-0.25, -0.2) is 9.07 Å². The maximum absolute atomic E-state index is 13.3. The number of nitro groups is 1. The molecule has 0 spiro atoms. The minimum Gasteiger partial charge on any atom is -0.489 e. The first-order chi connectivity index (χ1) is 18.3. The predicted octanol–water partition coefficient (Wildman–Crippen LogP) is 4.54. The zero-order valence-corrected chi connectivity index (χ0v) is 21.4. The minimum atomic E-state index is -0.576. The van der Waals surface area contributed by atoms with Crippen LogP contribution in [0.4, 0.5) is 20.9 Å². The average molecular weight is 558 g/mol. The number of non-ortho nitro benzene ring substituents is 1. The van der Waals surface area contributed by atoms with E-state index < -0.39 is 16.6 Å². The molecule has 12 nitrogen and oxygen atoms in total.